The Labute approximate surface area is 144 Å². The van der Waals surface area contributed by atoms with Gasteiger partial charge in [0.25, 0.3) is 0 Å². The second-order valence-electron chi connectivity index (χ2n) is 9.49. The van der Waals surface area contributed by atoms with Gasteiger partial charge in [0.2, 0.25) is 0 Å². The van der Waals surface area contributed by atoms with Crippen molar-refractivity contribution < 1.29 is 9.22 Å². The summed E-state index contributed by atoms with van der Waals surface area (Å²) >= 11 is 0. The molecular formula is C20H36O2Si. The third kappa shape index (κ3) is 3.51. The highest BCUT2D eigenvalue weighted by atomic mass is 28.4. The highest BCUT2D eigenvalue weighted by Gasteiger charge is 2.50. The molecule has 2 aliphatic rings. The normalized spacial score (nSPS) is 33.6. The summed E-state index contributed by atoms with van der Waals surface area (Å²) < 4.78 is 6.86. The van der Waals surface area contributed by atoms with Gasteiger partial charge in [-0.05, 0) is 55.1 Å². The van der Waals surface area contributed by atoms with Gasteiger partial charge in [0.1, 0.15) is 6.29 Å². The Morgan fingerprint density at radius 3 is 2.57 bits per heavy atom. The zero-order valence-electron chi connectivity index (χ0n) is 16.2. The lowest BCUT2D eigenvalue weighted by atomic mass is 9.56. The van der Waals surface area contributed by atoms with E-state index in [2.05, 4.69) is 53.8 Å². The van der Waals surface area contributed by atoms with Crippen molar-refractivity contribution in [3.05, 3.63) is 11.6 Å². The van der Waals surface area contributed by atoms with E-state index in [0.717, 1.165) is 12.7 Å². The molecule has 0 aromatic carbocycles. The molecule has 23 heavy (non-hydrogen) atoms. The third-order valence-electron chi connectivity index (χ3n) is 6.90. The number of aldehydes is 1. The Balaban J connectivity index is 2.27. The molecule has 0 aromatic rings. The number of carbonyl (C=O) groups excluding carboxylic acids is 1. The van der Waals surface area contributed by atoms with Crippen LogP contribution in [0, 0.1) is 17.3 Å². The third-order valence-corrected chi connectivity index (χ3v) is 11.4. The van der Waals surface area contributed by atoms with Crippen molar-refractivity contribution in [3.63, 3.8) is 0 Å². The predicted molar refractivity (Wildman–Crippen MR) is 100 cm³/mol. The standard InChI is InChI=1S/C20H36O2Si/c1-15(14-21)16-10-8-11-17-18(12-9-13-20(16,17)5)22-23(6,7)19(2,3)4/h10,14-15,17-18H,8-9,11-13H2,1-7H3/t15-,17+,18+,20+/m1/s1. The number of rotatable bonds is 4. The molecular weight excluding hydrogens is 300 g/mol. The molecule has 0 saturated heterocycles. The van der Waals surface area contributed by atoms with Crippen molar-refractivity contribution in [3.8, 4) is 0 Å². The van der Waals surface area contributed by atoms with Gasteiger partial charge in [-0.15, -0.1) is 0 Å². The highest BCUT2D eigenvalue weighted by Crippen LogP contribution is 2.54. The van der Waals surface area contributed by atoms with Crippen molar-refractivity contribution in [1.29, 1.82) is 0 Å². The molecule has 0 radical (unpaired) electrons. The van der Waals surface area contributed by atoms with E-state index in [1.165, 1.54) is 31.3 Å². The summed E-state index contributed by atoms with van der Waals surface area (Å²) in [6, 6.07) is 0. The molecule has 1 saturated carbocycles. The van der Waals surface area contributed by atoms with E-state index in [1.807, 2.05) is 0 Å². The van der Waals surface area contributed by atoms with E-state index in [-0.39, 0.29) is 16.4 Å². The van der Waals surface area contributed by atoms with E-state index in [1.54, 1.807) is 0 Å². The van der Waals surface area contributed by atoms with Crippen molar-refractivity contribution in [2.75, 3.05) is 0 Å². The molecule has 0 aliphatic heterocycles. The minimum atomic E-state index is -1.75. The van der Waals surface area contributed by atoms with Crippen molar-refractivity contribution >= 4 is 14.6 Å². The highest BCUT2D eigenvalue weighted by molar-refractivity contribution is 6.74. The van der Waals surface area contributed by atoms with E-state index >= 15 is 0 Å². The van der Waals surface area contributed by atoms with Crippen molar-refractivity contribution in [2.45, 2.75) is 91.0 Å². The summed E-state index contributed by atoms with van der Waals surface area (Å²) in [7, 11) is -1.75. The second kappa shape index (κ2) is 6.48. The summed E-state index contributed by atoms with van der Waals surface area (Å²) in [6.45, 7) is 16.2. The first-order valence-electron chi connectivity index (χ1n) is 9.36. The van der Waals surface area contributed by atoms with Gasteiger partial charge in [0.15, 0.2) is 8.32 Å². The summed E-state index contributed by atoms with van der Waals surface area (Å²) in [5.41, 5.74) is 1.54. The minimum Gasteiger partial charge on any atom is -0.414 e. The van der Waals surface area contributed by atoms with Gasteiger partial charge >= 0.3 is 0 Å². The number of allylic oxidation sites excluding steroid dienone is 2. The lowest BCUT2D eigenvalue weighted by molar-refractivity contribution is -0.110. The van der Waals surface area contributed by atoms with Crippen LogP contribution >= 0.6 is 0 Å². The van der Waals surface area contributed by atoms with Crippen LogP contribution in [0.15, 0.2) is 11.6 Å². The van der Waals surface area contributed by atoms with Gasteiger partial charge in [-0.3, -0.25) is 0 Å². The fourth-order valence-corrected chi connectivity index (χ4v) is 5.85. The van der Waals surface area contributed by atoms with Crippen LogP contribution in [0.4, 0.5) is 0 Å². The van der Waals surface area contributed by atoms with Crippen LogP contribution in [0.5, 0.6) is 0 Å². The van der Waals surface area contributed by atoms with Crippen LogP contribution in [0.1, 0.15) is 66.7 Å². The Bertz CT molecular complexity index is 475. The fraction of sp³-hybridized carbons (Fsp3) is 0.850. The average molecular weight is 337 g/mol. The maximum atomic E-state index is 11.4. The molecule has 132 valence electrons. The SMILES string of the molecule is C[C@H](C=O)C1=CCC[C@H]2[C@@H](O[Si](C)(C)C(C)(C)C)CCC[C@@]12C. The Morgan fingerprint density at radius 1 is 1.35 bits per heavy atom. The Hall–Kier alpha value is -0.413. The van der Waals surface area contributed by atoms with Crippen molar-refractivity contribution in [2.24, 2.45) is 17.3 Å². The largest absolute Gasteiger partial charge is 0.414 e. The quantitative estimate of drug-likeness (QED) is 0.372. The van der Waals surface area contributed by atoms with Crippen LogP contribution in [0.3, 0.4) is 0 Å². The topological polar surface area (TPSA) is 26.3 Å². The molecule has 4 atom stereocenters. The van der Waals surface area contributed by atoms with Crippen molar-refractivity contribution in [1.82, 2.24) is 0 Å². The van der Waals surface area contributed by atoms with E-state index in [9.17, 15) is 4.79 Å². The number of fused-ring (bicyclic) bond motifs is 1. The number of carbonyl (C=O) groups is 1. The van der Waals surface area contributed by atoms with Gasteiger partial charge in [-0.2, -0.15) is 0 Å². The van der Waals surface area contributed by atoms with Gasteiger partial charge < -0.3 is 9.22 Å². The maximum Gasteiger partial charge on any atom is 0.192 e. The molecule has 1 fully saturated rings. The molecule has 0 bridgehead atoms. The lowest BCUT2D eigenvalue weighted by Gasteiger charge is -2.53. The summed E-state index contributed by atoms with van der Waals surface area (Å²) in [5, 5.41) is 0.254. The molecule has 2 aliphatic carbocycles. The average Bonchev–Trinajstić information content (AvgIpc) is 2.44. The molecule has 2 nitrogen and oxygen atoms in total. The van der Waals surface area contributed by atoms with E-state index < -0.39 is 8.32 Å². The van der Waals surface area contributed by atoms with Crippen LogP contribution in [0.25, 0.3) is 0 Å². The molecule has 0 heterocycles. The molecule has 0 aromatic heterocycles. The first kappa shape index (κ1) is 18.9. The van der Waals surface area contributed by atoms with Crippen LogP contribution in [-0.2, 0) is 9.22 Å². The monoisotopic (exact) mass is 336 g/mol. The Kier molecular flexibility index (Phi) is 5.33. The van der Waals surface area contributed by atoms with Gasteiger partial charge in [0, 0.05) is 12.0 Å². The molecule has 3 heteroatoms. The molecule has 0 spiro atoms. The van der Waals surface area contributed by atoms with Gasteiger partial charge in [0.05, 0.1) is 0 Å². The maximum absolute atomic E-state index is 11.4. The smallest absolute Gasteiger partial charge is 0.192 e. The van der Waals surface area contributed by atoms with E-state index in [0.29, 0.717) is 12.0 Å². The first-order valence-corrected chi connectivity index (χ1v) is 12.3. The Morgan fingerprint density at radius 2 is 2.00 bits per heavy atom. The first-order chi connectivity index (χ1) is 10.5. The summed E-state index contributed by atoms with van der Waals surface area (Å²) in [5.74, 6) is 0.627. The molecule has 2 rings (SSSR count). The van der Waals surface area contributed by atoms with Crippen LogP contribution < -0.4 is 0 Å². The zero-order valence-corrected chi connectivity index (χ0v) is 17.2. The number of hydrogen-bond acceptors (Lipinski definition) is 2. The fourth-order valence-electron chi connectivity index (χ4n) is 4.46. The molecule has 0 unspecified atom stereocenters. The molecule has 0 amide bonds. The van der Waals surface area contributed by atoms with Gasteiger partial charge in [-0.25, -0.2) is 0 Å². The predicted octanol–water partition coefficient (Wildman–Crippen LogP) is 5.74. The lowest BCUT2D eigenvalue weighted by Crippen LogP contribution is -2.51. The minimum absolute atomic E-state index is 0.0504. The van der Waals surface area contributed by atoms with Crippen LogP contribution in [-0.4, -0.2) is 20.7 Å². The zero-order chi connectivity index (χ0) is 17.5. The van der Waals surface area contributed by atoms with Gasteiger partial charge in [-0.1, -0.05) is 52.7 Å². The van der Waals surface area contributed by atoms with Crippen LogP contribution in [0.2, 0.25) is 18.1 Å². The molecule has 0 N–H and O–H groups in total. The summed E-state index contributed by atoms with van der Waals surface area (Å²) in [6.07, 6.45) is 9.78. The summed E-state index contributed by atoms with van der Waals surface area (Å²) in [4.78, 5) is 11.4. The van der Waals surface area contributed by atoms with E-state index in [4.69, 9.17) is 4.43 Å². The second-order valence-corrected chi connectivity index (χ2v) is 14.3. The number of hydrogen-bond donors (Lipinski definition) is 0.